The normalized spacial score (nSPS) is 16.4. The number of carboxylic acids is 1. The maximum atomic E-state index is 10.6. The van der Waals surface area contributed by atoms with E-state index in [1.165, 1.54) is 0 Å². The SMILES string of the molecule is CCC(NC([OH2+])OC(C)(C)C)C(=O)O. The summed E-state index contributed by atoms with van der Waals surface area (Å²) < 4.78 is 5.21. The van der Waals surface area contributed by atoms with Crippen LogP contribution in [0.5, 0.6) is 0 Å². The molecular formula is C9H20NO4+. The highest BCUT2D eigenvalue weighted by atomic mass is 16.6. The van der Waals surface area contributed by atoms with Crippen LogP contribution in [0.3, 0.4) is 0 Å². The predicted molar refractivity (Wildman–Crippen MR) is 53.1 cm³/mol. The molecule has 14 heavy (non-hydrogen) atoms. The summed E-state index contributed by atoms with van der Waals surface area (Å²) in [5, 5.41) is 18.7. The first-order chi connectivity index (χ1) is 6.26. The highest BCUT2D eigenvalue weighted by molar-refractivity contribution is 5.73. The van der Waals surface area contributed by atoms with Crippen molar-refractivity contribution in [3.8, 4) is 0 Å². The van der Waals surface area contributed by atoms with E-state index < -0.39 is 24.0 Å². The zero-order valence-corrected chi connectivity index (χ0v) is 9.13. The van der Waals surface area contributed by atoms with Gasteiger partial charge in [-0.1, -0.05) is 6.92 Å². The van der Waals surface area contributed by atoms with Crippen LogP contribution in [-0.4, -0.2) is 34.2 Å². The van der Waals surface area contributed by atoms with E-state index in [2.05, 4.69) is 5.32 Å². The summed E-state index contributed by atoms with van der Waals surface area (Å²) in [5.74, 6) is -0.956. The molecule has 5 heteroatoms. The third-order valence-corrected chi connectivity index (χ3v) is 1.53. The molecule has 2 atom stereocenters. The van der Waals surface area contributed by atoms with Gasteiger partial charge in [-0.3, -0.25) is 9.53 Å². The quantitative estimate of drug-likeness (QED) is 0.499. The van der Waals surface area contributed by atoms with Crippen LogP contribution in [0.2, 0.25) is 0 Å². The molecule has 0 spiro atoms. The number of aliphatic carboxylic acids is 1. The molecule has 0 rings (SSSR count). The van der Waals surface area contributed by atoms with Gasteiger partial charge in [0.05, 0.1) is 5.60 Å². The van der Waals surface area contributed by atoms with E-state index >= 15 is 0 Å². The van der Waals surface area contributed by atoms with Gasteiger partial charge in [-0.25, -0.2) is 5.32 Å². The molecule has 0 amide bonds. The third-order valence-electron chi connectivity index (χ3n) is 1.53. The molecule has 0 fully saturated rings. The molecule has 0 radical (unpaired) electrons. The van der Waals surface area contributed by atoms with Gasteiger partial charge in [-0.15, -0.1) is 0 Å². The van der Waals surface area contributed by atoms with E-state index in [-0.39, 0.29) is 0 Å². The average molecular weight is 206 g/mol. The van der Waals surface area contributed by atoms with Gasteiger partial charge in [0.2, 0.25) is 0 Å². The van der Waals surface area contributed by atoms with Crippen LogP contribution >= 0.6 is 0 Å². The second kappa shape index (κ2) is 5.29. The molecule has 84 valence electrons. The van der Waals surface area contributed by atoms with Gasteiger partial charge in [0, 0.05) is 0 Å². The van der Waals surface area contributed by atoms with Crippen molar-refractivity contribution in [1.29, 1.82) is 0 Å². The van der Waals surface area contributed by atoms with Gasteiger partial charge in [0.1, 0.15) is 6.04 Å². The van der Waals surface area contributed by atoms with Gasteiger partial charge in [0.25, 0.3) is 0 Å². The number of nitrogens with one attached hydrogen (secondary N) is 1. The molecule has 0 aliphatic heterocycles. The van der Waals surface area contributed by atoms with E-state index in [9.17, 15) is 4.79 Å². The molecule has 0 heterocycles. The van der Waals surface area contributed by atoms with Gasteiger partial charge < -0.3 is 10.2 Å². The van der Waals surface area contributed by atoms with Crippen molar-refractivity contribution in [1.82, 2.24) is 5.32 Å². The van der Waals surface area contributed by atoms with Crippen LogP contribution in [-0.2, 0) is 9.53 Å². The molecule has 0 aliphatic rings. The summed E-state index contributed by atoms with van der Waals surface area (Å²) >= 11 is 0. The summed E-state index contributed by atoms with van der Waals surface area (Å²) in [4.78, 5) is 10.6. The monoisotopic (exact) mass is 206 g/mol. The lowest BCUT2D eigenvalue weighted by molar-refractivity contribution is -0.189. The van der Waals surface area contributed by atoms with E-state index in [0.717, 1.165) is 0 Å². The second-order valence-corrected chi connectivity index (χ2v) is 4.08. The topological polar surface area (TPSA) is 81.5 Å². The Bertz CT molecular complexity index is 188. The standard InChI is InChI=1S/C9H19NO4/c1-5-6(7(11)12)10-8(13)14-9(2,3)4/h6,8,10,13H,5H2,1-4H3,(H,11,12)/p+1. The molecule has 0 bridgehead atoms. The molecule has 2 unspecified atom stereocenters. The molecule has 5 nitrogen and oxygen atoms in total. The predicted octanol–water partition coefficient (Wildman–Crippen LogP) is 0.262. The van der Waals surface area contributed by atoms with Crippen molar-refractivity contribution >= 4 is 5.97 Å². The lowest BCUT2D eigenvalue weighted by atomic mass is 10.2. The Kier molecular flexibility index (Phi) is 5.04. The molecule has 0 aliphatic carbocycles. The number of ether oxygens (including phenoxy) is 1. The van der Waals surface area contributed by atoms with Crippen molar-refractivity contribution < 1.29 is 19.7 Å². The van der Waals surface area contributed by atoms with Gasteiger partial charge in [0.15, 0.2) is 0 Å². The zero-order valence-electron chi connectivity index (χ0n) is 9.13. The first-order valence-corrected chi connectivity index (χ1v) is 4.64. The number of rotatable bonds is 5. The Morgan fingerprint density at radius 1 is 1.57 bits per heavy atom. The summed E-state index contributed by atoms with van der Waals surface area (Å²) in [6.07, 6.45) is -0.575. The van der Waals surface area contributed by atoms with Crippen LogP contribution in [0.1, 0.15) is 34.1 Å². The second-order valence-electron chi connectivity index (χ2n) is 4.08. The molecule has 4 N–H and O–H groups in total. The first-order valence-electron chi connectivity index (χ1n) is 4.64. The number of carboxylic acid groups (broad SMARTS) is 1. The van der Waals surface area contributed by atoms with Crippen molar-refractivity contribution in [2.24, 2.45) is 0 Å². The summed E-state index contributed by atoms with van der Waals surface area (Å²) in [5.41, 5.74) is -0.448. The Labute approximate surface area is 84.1 Å². The fraction of sp³-hybridized carbons (Fsp3) is 0.889. The Balaban J connectivity index is 4.03. The molecule has 0 saturated heterocycles. The van der Waals surface area contributed by atoms with Gasteiger partial charge in [-0.2, -0.15) is 0 Å². The minimum Gasteiger partial charge on any atom is -0.480 e. The van der Waals surface area contributed by atoms with Crippen LogP contribution in [0.25, 0.3) is 0 Å². The number of hydrogen-bond acceptors (Lipinski definition) is 3. The Morgan fingerprint density at radius 2 is 2.07 bits per heavy atom. The number of carbonyl (C=O) groups is 1. The molecule has 0 aromatic carbocycles. The molecular weight excluding hydrogens is 186 g/mol. The Morgan fingerprint density at radius 3 is 2.36 bits per heavy atom. The van der Waals surface area contributed by atoms with Gasteiger partial charge in [-0.05, 0) is 27.2 Å². The summed E-state index contributed by atoms with van der Waals surface area (Å²) in [6.45, 7) is 7.20. The Hall–Kier alpha value is -0.650. The fourth-order valence-corrected chi connectivity index (χ4v) is 0.934. The highest BCUT2D eigenvalue weighted by Gasteiger charge is 2.25. The van der Waals surface area contributed by atoms with Crippen LogP contribution in [0.4, 0.5) is 0 Å². The first kappa shape index (κ1) is 13.4. The van der Waals surface area contributed by atoms with Crippen molar-refractivity contribution in [3.63, 3.8) is 0 Å². The van der Waals surface area contributed by atoms with E-state index in [1.54, 1.807) is 6.92 Å². The number of hydrogen-bond donors (Lipinski definition) is 2. The van der Waals surface area contributed by atoms with Gasteiger partial charge >= 0.3 is 12.4 Å². The molecule has 0 saturated carbocycles. The lowest BCUT2D eigenvalue weighted by Gasteiger charge is -2.23. The minimum absolute atomic E-state index is 0.429. The van der Waals surface area contributed by atoms with Crippen LogP contribution in [0.15, 0.2) is 0 Å². The van der Waals surface area contributed by atoms with Crippen LogP contribution in [0, 0.1) is 0 Å². The fourth-order valence-electron chi connectivity index (χ4n) is 0.934. The smallest absolute Gasteiger partial charge is 0.329 e. The maximum Gasteiger partial charge on any atom is 0.329 e. The minimum atomic E-state index is -1.00. The lowest BCUT2D eigenvalue weighted by Crippen LogP contribution is -2.46. The van der Waals surface area contributed by atoms with E-state index in [0.29, 0.717) is 6.42 Å². The summed E-state index contributed by atoms with van der Waals surface area (Å²) in [6, 6.07) is -0.722. The van der Waals surface area contributed by atoms with E-state index in [1.807, 2.05) is 20.8 Å². The molecule has 0 aromatic rings. The highest BCUT2D eigenvalue weighted by Crippen LogP contribution is 2.08. The largest absolute Gasteiger partial charge is 0.480 e. The maximum absolute atomic E-state index is 10.6. The van der Waals surface area contributed by atoms with E-state index in [4.69, 9.17) is 14.9 Å². The van der Waals surface area contributed by atoms with Crippen molar-refractivity contribution in [2.75, 3.05) is 0 Å². The summed E-state index contributed by atoms with van der Waals surface area (Å²) in [7, 11) is 0. The molecule has 0 aromatic heterocycles. The van der Waals surface area contributed by atoms with Crippen LogP contribution < -0.4 is 5.32 Å². The van der Waals surface area contributed by atoms with Crippen molar-refractivity contribution in [3.05, 3.63) is 0 Å². The zero-order chi connectivity index (χ0) is 11.4. The van der Waals surface area contributed by atoms with Crippen molar-refractivity contribution in [2.45, 2.75) is 52.2 Å². The third kappa shape index (κ3) is 5.90. The average Bonchev–Trinajstić information content (AvgIpc) is 1.96.